The molecule has 5 nitrogen and oxygen atoms in total. The lowest BCUT2D eigenvalue weighted by molar-refractivity contribution is -0.137. The quantitative estimate of drug-likeness (QED) is 0.338. The minimum absolute atomic E-state index is 0.0328. The fourth-order valence-electron chi connectivity index (χ4n) is 3.59. The second-order valence-corrected chi connectivity index (χ2v) is 8.86. The van der Waals surface area contributed by atoms with Crippen LogP contribution in [0, 0.1) is 0 Å². The van der Waals surface area contributed by atoms with Gasteiger partial charge >= 0.3 is 6.18 Å². The zero-order valence-electron chi connectivity index (χ0n) is 19.4. The van der Waals surface area contributed by atoms with Gasteiger partial charge in [-0.25, -0.2) is 4.98 Å². The molecule has 3 aromatic heterocycles. The van der Waals surface area contributed by atoms with Gasteiger partial charge in [-0.15, -0.1) is 0 Å². The summed E-state index contributed by atoms with van der Waals surface area (Å²) in [5, 5.41) is 4.01. The fraction of sp³-hybridized carbons (Fsp3) is 0.269. The highest BCUT2D eigenvalue weighted by Crippen LogP contribution is 2.36. The molecule has 1 N–H and O–H groups in total. The Morgan fingerprint density at radius 3 is 2.32 bits per heavy atom. The van der Waals surface area contributed by atoms with Gasteiger partial charge in [0.05, 0.1) is 23.6 Å². The third-order valence-corrected chi connectivity index (χ3v) is 5.33. The maximum atomic E-state index is 13.5. The number of pyridine rings is 3. The van der Waals surface area contributed by atoms with Crippen molar-refractivity contribution >= 4 is 22.4 Å². The lowest BCUT2D eigenvalue weighted by Crippen LogP contribution is -2.10. The van der Waals surface area contributed by atoms with E-state index in [0.717, 1.165) is 11.8 Å². The molecule has 0 fully saturated rings. The molecule has 176 valence electrons. The van der Waals surface area contributed by atoms with Crippen molar-refractivity contribution in [3.8, 4) is 17.3 Å². The summed E-state index contributed by atoms with van der Waals surface area (Å²) >= 11 is 0. The highest BCUT2D eigenvalue weighted by Gasteiger charge is 2.34. The van der Waals surface area contributed by atoms with Crippen LogP contribution < -0.4 is 10.1 Å². The number of hydrogen-bond acceptors (Lipinski definition) is 5. The molecule has 8 heteroatoms. The number of ether oxygens (including phenoxy) is 1. The third-order valence-electron chi connectivity index (χ3n) is 5.33. The molecule has 0 bridgehead atoms. The van der Waals surface area contributed by atoms with E-state index in [0.29, 0.717) is 23.6 Å². The molecule has 0 saturated heterocycles. The van der Waals surface area contributed by atoms with Gasteiger partial charge in [0.25, 0.3) is 0 Å². The summed E-state index contributed by atoms with van der Waals surface area (Å²) in [6.07, 6.45) is -3.23. The Hall–Kier alpha value is -3.68. The number of alkyl halides is 3. The molecule has 1 aromatic carbocycles. The predicted molar refractivity (Wildman–Crippen MR) is 127 cm³/mol. The molecule has 0 spiro atoms. The smallest absolute Gasteiger partial charge is 0.418 e. The Bertz CT molecular complexity index is 1310. The summed E-state index contributed by atoms with van der Waals surface area (Å²) < 4.78 is 46.1. The Kier molecular flexibility index (Phi) is 6.17. The lowest BCUT2D eigenvalue weighted by Gasteiger charge is -2.19. The van der Waals surface area contributed by atoms with Crippen molar-refractivity contribution in [2.24, 2.45) is 0 Å². The number of nitrogens with one attached hydrogen (secondary N) is 1. The van der Waals surface area contributed by atoms with Gasteiger partial charge in [-0.05, 0) is 54.3 Å². The summed E-state index contributed by atoms with van der Waals surface area (Å²) in [7, 11) is 0. The summed E-state index contributed by atoms with van der Waals surface area (Å²) in [6.45, 7) is 8.66. The minimum Gasteiger partial charge on any atom is -0.478 e. The van der Waals surface area contributed by atoms with Crippen LogP contribution in [0.2, 0.25) is 0 Å². The second-order valence-electron chi connectivity index (χ2n) is 8.86. The van der Waals surface area contributed by atoms with Crippen LogP contribution in [-0.2, 0) is 11.6 Å². The standard InChI is InChI=1S/C26H25F3N4O/c1-5-34-22-15-21(31-17-10-8-16(9-11-17)25(2,3)4)18-12-13-20(32-24(18)33-22)23-19(26(27,28)29)7-6-14-30-23/h6-15H,5H2,1-4H3,(H,31,32,33). The summed E-state index contributed by atoms with van der Waals surface area (Å²) in [5.41, 5.74) is 2.04. The van der Waals surface area contributed by atoms with Gasteiger partial charge in [0.1, 0.15) is 5.69 Å². The molecule has 0 aliphatic rings. The van der Waals surface area contributed by atoms with Crippen LogP contribution in [0.25, 0.3) is 22.4 Å². The van der Waals surface area contributed by atoms with E-state index in [9.17, 15) is 13.2 Å². The van der Waals surface area contributed by atoms with Crippen LogP contribution in [0.5, 0.6) is 5.88 Å². The first-order valence-corrected chi connectivity index (χ1v) is 10.9. The van der Waals surface area contributed by atoms with Crippen molar-refractivity contribution in [2.75, 3.05) is 11.9 Å². The highest BCUT2D eigenvalue weighted by molar-refractivity contribution is 5.92. The van der Waals surface area contributed by atoms with E-state index in [-0.39, 0.29) is 22.5 Å². The van der Waals surface area contributed by atoms with E-state index < -0.39 is 11.7 Å². The highest BCUT2D eigenvalue weighted by atomic mass is 19.4. The fourth-order valence-corrected chi connectivity index (χ4v) is 3.59. The maximum absolute atomic E-state index is 13.5. The van der Waals surface area contributed by atoms with Crippen LogP contribution in [-0.4, -0.2) is 21.6 Å². The van der Waals surface area contributed by atoms with Crippen LogP contribution in [0.1, 0.15) is 38.8 Å². The summed E-state index contributed by atoms with van der Waals surface area (Å²) in [4.78, 5) is 12.8. The van der Waals surface area contributed by atoms with Gasteiger partial charge in [0.2, 0.25) is 5.88 Å². The molecule has 0 unspecified atom stereocenters. The molecule has 0 saturated carbocycles. The average molecular weight is 467 g/mol. The van der Waals surface area contributed by atoms with E-state index >= 15 is 0 Å². The number of halogens is 3. The number of hydrogen-bond donors (Lipinski definition) is 1. The van der Waals surface area contributed by atoms with Gasteiger partial charge in [-0.2, -0.15) is 18.2 Å². The van der Waals surface area contributed by atoms with E-state index in [1.807, 2.05) is 19.1 Å². The molecule has 0 aliphatic carbocycles. The third kappa shape index (κ3) is 4.95. The lowest BCUT2D eigenvalue weighted by atomic mass is 9.87. The molecule has 0 atom stereocenters. The normalized spacial score (nSPS) is 12.1. The first kappa shape index (κ1) is 23.5. The molecular weight excluding hydrogens is 441 g/mol. The molecule has 0 radical (unpaired) electrons. The first-order chi connectivity index (χ1) is 16.1. The molecule has 0 amide bonds. The van der Waals surface area contributed by atoms with Crippen LogP contribution in [0.3, 0.4) is 0 Å². The van der Waals surface area contributed by atoms with Gasteiger partial charge in [0, 0.05) is 23.3 Å². The summed E-state index contributed by atoms with van der Waals surface area (Å²) in [5.74, 6) is 0.325. The van der Waals surface area contributed by atoms with Crippen LogP contribution in [0.4, 0.5) is 24.5 Å². The van der Waals surface area contributed by atoms with Gasteiger partial charge < -0.3 is 10.1 Å². The second kappa shape index (κ2) is 8.93. The topological polar surface area (TPSA) is 59.9 Å². The summed E-state index contributed by atoms with van der Waals surface area (Å²) in [6, 6.07) is 15.3. The van der Waals surface area contributed by atoms with Gasteiger partial charge in [-0.1, -0.05) is 32.9 Å². The van der Waals surface area contributed by atoms with Gasteiger partial charge in [0.15, 0.2) is 5.65 Å². The number of nitrogens with zero attached hydrogens (tertiary/aromatic N) is 3. The zero-order chi connectivity index (χ0) is 24.5. The van der Waals surface area contributed by atoms with Crippen LogP contribution >= 0.6 is 0 Å². The number of rotatable bonds is 5. The predicted octanol–water partition coefficient (Wildman–Crippen LogP) is 7.15. The molecular formula is C26H25F3N4O. The number of aromatic nitrogens is 3. The first-order valence-electron chi connectivity index (χ1n) is 10.9. The van der Waals surface area contributed by atoms with E-state index in [2.05, 4.69) is 53.2 Å². The van der Waals surface area contributed by atoms with E-state index in [4.69, 9.17) is 4.74 Å². The van der Waals surface area contributed by atoms with E-state index in [1.165, 1.54) is 23.9 Å². The van der Waals surface area contributed by atoms with Crippen LogP contribution in [0.15, 0.2) is 60.8 Å². The van der Waals surface area contributed by atoms with Gasteiger partial charge in [-0.3, -0.25) is 4.98 Å². The van der Waals surface area contributed by atoms with Crippen molar-refractivity contribution in [1.29, 1.82) is 0 Å². The molecule has 0 aliphatic heterocycles. The minimum atomic E-state index is -4.55. The average Bonchev–Trinajstić information content (AvgIpc) is 2.78. The monoisotopic (exact) mass is 466 g/mol. The van der Waals surface area contributed by atoms with E-state index in [1.54, 1.807) is 12.1 Å². The van der Waals surface area contributed by atoms with Crippen molar-refractivity contribution in [3.63, 3.8) is 0 Å². The van der Waals surface area contributed by atoms with Crippen molar-refractivity contribution in [3.05, 3.63) is 71.9 Å². The SMILES string of the molecule is CCOc1cc(Nc2ccc(C(C)(C)C)cc2)c2ccc(-c3ncccc3C(F)(F)F)nc2n1. The largest absolute Gasteiger partial charge is 0.478 e. The number of anilines is 2. The Labute approximate surface area is 196 Å². The van der Waals surface area contributed by atoms with Crippen molar-refractivity contribution in [1.82, 2.24) is 15.0 Å². The number of fused-ring (bicyclic) bond motifs is 1. The van der Waals surface area contributed by atoms with Crippen molar-refractivity contribution < 1.29 is 17.9 Å². The van der Waals surface area contributed by atoms with Crippen molar-refractivity contribution in [2.45, 2.75) is 39.3 Å². The maximum Gasteiger partial charge on any atom is 0.418 e. The Balaban J connectivity index is 1.79. The zero-order valence-corrected chi connectivity index (χ0v) is 19.4. The number of benzene rings is 1. The Morgan fingerprint density at radius 1 is 0.941 bits per heavy atom. The Morgan fingerprint density at radius 2 is 1.68 bits per heavy atom. The molecule has 4 aromatic rings. The molecule has 34 heavy (non-hydrogen) atoms. The molecule has 4 rings (SSSR count). The molecule has 3 heterocycles.